The summed E-state index contributed by atoms with van der Waals surface area (Å²) in [6.45, 7) is 10.1. The highest BCUT2D eigenvalue weighted by Crippen LogP contribution is 2.64. The van der Waals surface area contributed by atoms with Crippen molar-refractivity contribution in [2.75, 3.05) is 43.4 Å². The third-order valence-corrected chi connectivity index (χ3v) is 9.03. The lowest BCUT2D eigenvalue weighted by Gasteiger charge is -2.34. The predicted octanol–water partition coefficient (Wildman–Crippen LogP) is 3.20. The first kappa shape index (κ1) is 25.0. The Labute approximate surface area is 232 Å². The first-order chi connectivity index (χ1) is 19.3. The molecular weight excluding hydrogens is 504 g/mol. The number of aromatic nitrogens is 5. The normalized spacial score (nSPS) is 21.6. The maximum absolute atomic E-state index is 13.4. The molecule has 0 unspecified atom stereocenters. The smallest absolute Gasteiger partial charge is 0.278 e. The monoisotopic (exact) mass is 538 g/mol. The van der Waals surface area contributed by atoms with E-state index in [4.69, 9.17) is 9.97 Å². The highest BCUT2D eigenvalue weighted by molar-refractivity contribution is 5.77. The van der Waals surface area contributed by atoms with Gasteiger partial charge in [-0.2, -0.15) is 4.98 Å². The van der Waals surface area contributed by atoms with Gasteiger partial charge in [-0.15, -0.1) is 6.58 Å². The molecule has 2 N–H and O–H groups in total. The van der Waals surface area contributed by atoms with E-state index < -0.39 is 5.60 Å². The number of pyridine rings is 1. The molecule has 0 bridgehead atoms. The van der Waals surface area contributed by atoms with Gasteiger partial charge in [0.05, 0.1) is 12.2 Å². The zero-order valence-electron chi connectivity index (χ0n) is 23.0. The minimum Gasteiger partial charge on any atom is -0.383 e. The molecule has 1 saturated carbocycles. The molecule has 1 saturated heterocycles. The number of nitrogens with zero attached hydrogens (tertiary/aromatic N) is 7. The molecular formula is C30H34N8O2. The molecule has 7 rings (SSSR count). The second-order valence-electron chi connectivity index (χ2n) is 11.6. The summed E-state index contributed by atoms with van der Waals surface area (Å²) in [6.07, 6.45) is 6.06. The summed E-state index contributed by atoms with van der Waals surface area (Å²) in [7, 11) is 2.15. The molecule has 0 amide bonds. The minimum atomic E-state index is -0.997. The summed E-state index contributed by atoms with van der Waals surface area (Å²) in [5, 5.41) is 15.1. The number of piperazine rings is 1. The Morgan fingerprint density at radius 2 is 1.82 bits per heavy atom. The third kappa shape index (κ3) is 3.85. The lowest BCUT2D eigenvalue weighted by molar-refractivity contribution is -0.0102. The van der Waals surface area contributed by atoms with Gasteiger partial charge in [-0.3, -0.25) is 4.79 Å². The molecule has 4 heterocycles. The van der Waals surface area contributed by atoms with E-state index in [1.807, 2.05) is 31.2 Å². The SMILES string of the molecule is C=CCn1c(=O)c2cnc(Nc3ccc(N4CCN(C)CC4)cc3)nc2n1-c1ccc2c(n1)[C@@](C)(O)C1(CC1)C2. The van der Waals surface area contributed by atoms with Crippen molar-refractivity contribution < 1.29 is 5.11 Å². The first-order valence-corrected chi connectivity index (χ1v) is 13.9. The van der Waals surface area contributed by atoms with Crippen molar-refractivity contribution in [1.82, 2.24) is 29.2 Å². The Balaban J connectivity index is 1.24. The average molecular weight is 539 g/mol. The predicted molar refractivity (Wildman–Crippen MR) is 155 cm³/mol. The highest BCUT2D eigenvalue weighted by atomic mass is 16.3. The molecule has 2 aliphatic carbocycles. The highest BCUT2D eigenvalue weighted by Gasteiger charge is 2.62. The lowest BCUT2D eigenvalue weighted by atomic mass is 9.88. The van der Waals surface area contributed by atoms with Gasteiger partial charge in [0.1, 0.15) is 11.0 Å². The third-order valence-electron chi connectivity index (χ3n) is 9.03. The molecule has 1 aromatic carbocycles. The average Bonchev–Trinajstić information content (AvgIpc) is 3.65. The van der Waals surface area contributed by atoms with Gasteiger partial charge in [0.25, 0.3) is 5.56 Å². The molecule has 1 spiro atoms. The van der Waals surface area contributed by atoms with Crippen molar-refractivity contribution >= 4 is 28.4 Å². The molecule has 1 aliphatic heterocycles. The molecule has 0 radical (unpaired) electrons. The van der Waals surface area contributed by atoms with E-state index in [-0.39, 0.29) is 17.5 Å². The second-order valence-corrected chi connectivity index (χ2v) is 11.6. The van der Waals surface area contributed by atoms with E-state index in [1.54, 1.807) is 21.6 Å². The van der Waals surface area contributed by atoms with Gasteiger partial charge in [-0.05, 0) is 69.1 Å². The number of hydrogen-bond acceptors (Lipinski definition) is 8. The maximum Gasteiger partial charge on any atom is 0.278 e. The van der Waals surface area contributed by atoms with Crippen LogP contribution in [0, 0.1) is 5.41 Å². The Morgan fingerprint density at radius 3 is 2.52 bits per heavy atom. The van der Waals surface area contributed by atoms with Crippen molar-refractivity contribution in [3.8, 4) is 5.82 Å². The summed E-state index contributed by atoms with van der Waals surface area (Å²) in [5.41, 5.74) is 2.93. The van der Waals surface area contributed by atoms with Gasteiger partial charge in [0.2, 0.25) is 5.95 Å². The fourth-order valence-corrected chi connectivity index (χ4v) is 6.32. The van der Waals surface area contributed by atoms with Crippen LogP contribution in [0.25, 0.3) is 16.9 Å². The van der Waals surface area contributed by atoms with Crippen LogP contribution < -0.4 is 15.8 Å². The molecule has 40 heavy (non-hydrogen) atoms. The minimum absolute atomic E-state index is 0.111. The molecule has 206 valence electrons. The van der Waals surface area contributed by atoms with E-state index in [9.17, 15) is 9.90 Å². The molecule has 10 heteroatoms. The van der Waals surface area contributed by atoms with Crippen LogP contribution in [-0.2, 0) is 18.6 Å². The Hall–Kier alpha value is -4.02. The van der Waals surface area contributed by atoms with E-state index >= 15 is 0 Å². The summed E-state index contributed by atoms with van der Waals surface area (Å²) in [5.74, 6) is 0.918. The number of benzene rings is 1. The quantitative estimate of drug-likeness (QED) is 0.361. The van der Waals surface area contributed by atoms with Crippen LogP contribution in [0.5, 0.6) is 0 Å². The molecule has 3 aromatic heterocycles. The van der Waals surface area contributed by atoms with Crippen molar-refractivity contribution in [2.24, 2.45) is 5.41 Å². The van der Waals surface area contributed by atoms with Gasteiger partial charge >= 0.3 is 0 Å². The van der Waals surface area contributed by atoms with Gasteiger partial charge in [-0.25, -0.2) is 19.3 Å². The zero-order chi connectivity index (χ0) is 27.6. The number of rotatable bonds is 6. The fraction of sp³-hybridized carbons (Fsp3) is 0.400. The van der Waals surface area contributed by atoms with Crippen LogP contribution >= 0.6 is 0 Å². The van der Waals surface area contributed by atoms with Crippen LogP contribution in [0.3, 0.4) is 0 Å². The Bertz CT molecular complexity index is 1670. The largest absolute Gasteiger partial charge is 0.383 e. The summed E-state index contributed by atoms with van der Waals surface area (Å²) in [4.78, 5) is 32.2. The number of allylic oxidation sites excluding steroid dienone is 1. The molecule has 1 atom stereocenters. The van der Waals surface area contributed by atoms with Crippen molar-refractivity contribution in [3.05, 3.63) is 76.9 Å². The number of fused-ring (bicyclic) bond motifs is 2. The van der Waals surface area contributed by atoms with Crippen LogP contribution in [0.1, 0.15) is 31.0 Å². The van der Waals surface area contributed by atoms with E-state index in [2.05, 4.69) is 45.9 Å². The number of anilines is 3. The number of nitrogens with one attached hydrogen (secondary N) is 1. The second kappa shape index (κ2) is 9.00. The molecule has 2 fully saturated rings. The lowest BCUT2D eigenvalue weighted by Crippen LogP contribution is -2.44. The Morgan fingerprint density at radius 1 is 1.07 bits per heavy atom. The molecule has 3 aliphatic rings. The fourth-order valence-electron chi connectivity index (χ4n) is 6.32. The zero-order valence-corrected chi connectivity index (χ0v) is 23.0. The van der Waals surface area contributed by atoms with Crippen LogP contribution in [-0.4, -0.2) is 67.5 Å². The van der Waals surface area contributed by atoms with Crippen LogP contribution in [0.15, 0.2) is 60.0 Å². The van der Waals surface area contributed by atoms with Crippen LogP contribution in [0.4, 0.5) is 17.3 Å². The van der Waals surface area contributed by atoms with Crippen molar-refractivity contribution in [1.29, 1.82) is 0 Å². The maximum atomic E-state index is 13.4. The number of hydrogen-bond donors (Lipinski definition) is 2. The van der Waals surface area contributed by atoms with Gasteiger partial charge in [0, 0.05) is 49.2 Å². The summed E-state index contributed by atoms with van der Waals surface area (Å²) in [6, 6.07) is 12.2. The van der Waals surface area contributed by atoms with Crippen molar-refractivity contribution in [2.45, 2.75) is 38.3 Å². The van der Waals surface area contributed by atoms with Gasteiger partial charge in [-0.1, -0.05) is 12.1 Å². The topological polar surface area (TPSA) is 104 Å². The van der Waals surface area contributed by atoms with Crippen LogP contribution in [0.2, 0.25) is 0 Å². The van der Waals surface area contributed by atoms with Gasteiger partial charge < -0.3 is 20.2 Å². The van der Waals surface area contributed by atoms with E-state index in [1.165, 1.54) is 5.69 Å². The molecule has 4 aromatic rings. The van der Waals surface area contributed by atoms with Gasteiger partial charge in [0.15, 0.2) is 11.5 Å². The van der Waals surface area contributed by atoms with E-state index in [0.29, 0.717) is 28.5 Å². The number of aliphatic hydroxyl groups is 1. The summed E-state index contributed by atoms with van der Waals surface area (Å²) < 4.78 is 3.28. The summed E-state index contributed by atoms with van der Waals surface area (Å²) >= 11 is 0. The van der Waals surface area contributed by atoms with Crippen molar-refractivity contribution in [3.63, 3.8) is 0 Å². The Kier molecular flexibility index (Phi) is 5.62. The first-order valence-electron chi connectivity index (χ1n) is 13.9. The van der Waals surface area contributed by atoms with E-state index in [0.717, 1.165) is 56.7 Å². The molecule has 10 nitrogen and oxygen atoms in total. The standard InChI is InChI=1S/C30H34N8O2/c1-4-13-37-27(39)23-19-31-28(32-21-6-8-22(9-7-21)36-16-14-35(3)15-17-36)34-26(23)38(37)24-10-5-20-18-30(11-12-30)29(2,40)25(20)33-24/h4-10,19,40H,1,11-18H2,2-3H3,(H,31,32,34)/t29-/m1/s1. The number of likely N-dealkylation sites (N-methyl/N-ethyl adjacent to an activating group) is 1.